The van der Waals surface area contributed by atoms with E-state index >= 15 is 0 Å². The highest BCUT2D eigenvalue weighted by Crippen LogP contribution is 2.31. The van der Waals surface area contributed by atoms with Gasteiger partial charge in [0.2, 0.25) is 0 Å². The van der Waals surface area contributed by atoms with Crippen molar-refractivity contribution in [2.24, 2.45) is 0 Å². The number of benzene rings is 1. The van der Waals surface area contributed by atoms with Gasteiger partial charge in [0, 0.05) is 39.3 Å². The number of rotatable bonds is 6. The zero-order chi connectivity index (χ0) is 18.3. The number of carbonyl (C=O) groups excluding carboxylic acids is 1. The molecule has 1 aliphatic rings. The van der Waals surface area contributed by atoms with E-state index in [0.717, 1.165) is 38.2 Å². The Hall–Kier alpha value is -1.67. The normalized spacial score (nSPS) is 15.3. The third-order valence-electron chi connectivity index (χ3n) is 4.04. The van der Waals surface area contributed by atoms with Crippen LogP contribution in [0.25, 0.3) is 0 Å². The largest absolute Gasteiger partial charge is 0.494 e. The number of piperazine rings is 1. The topological polar surface area (TPSA) is 44.8 Å². The van der Waals surface area contributed by atoms with E-state index in [9.17, 15) is 18.0 Å². The molecule has 148 valence electrons. The maximum Gasteiger partial charge on any atom is 0.416 e. The lowest BCUT2D eigenvalue weighted by Gasteiger charge is -2.34. The molecule has 9 heteroatoms. The fourth-order valence-corrected chi connectivity index (χ4v) is 2.68. The van der Waals surface area contributed by atoms with E-state index < -0.39 is 11.7 Å². The first-order valence-electron chi connectivity index (χ1n) is 8.45. The Labute approximate surface area is 157 Å². The second-order valence-corrected chi connectivity index (χ2v) is 5.89. The molecule has 0 bridgehead atoms. The van der Waals surface area contributed by atoms with Gasteiger partial charge in [0.05, 0.1) is 12.2 Å². The first-order chi connectivity index (χ1) is 11.9. The van der Waals surface area contributed by atoms with Crippen molar-refractivity contribution >= 4 is 18.4 Å². The smallest absolute Gasteiger partial charge is 0.416 e. The summed E-state index contributed by atoms with van der Waals surface area (Å²) < 4.78 is 43.3. The van der Waals surface area contributed by atoms with Gasteiger partial charge in [-0.05, 0) is 31.5 Å². The Kier molecular flexibility index (Phi) is 9.01. The van der Waals surface area contributed by atoms with Crippen molar-refractivity contribution in [2.45, 2.75) is 19.5 Å². The number of nitrogens with zero attached hydrogens (tertiary/aromatic N) is 2. The Morgan fingerprint density at radius 2 is 1.92 bits per heavy atom. The zero-order valence-corrected chi connectivity index (χ0v) is 15.5. The van der Waals surface area contributed by atoms with Crippen LogP contribution in [0.3, 0.4) is 0 Å². The molecular formula is C17H25ClF3N3O2. The van der Waals surface area contributed by atoms with Crippen LogP contribution in [-0.4, -0.2) is 61.7 Å². The molecule has 0 spiro atoms. The summed E-state index contributed by atoms with van der Waals surface area (Å²) in [4.78, 5) is 15.7. The van der Waals surface area contributed by atoms with Crippen LogP contribution in [0.2, 0.25) is 0 Å². The van der Waals surface area contributed by atoms with Crippen LogP contribution in [0.4, 0.5) is 18.0 Å². The Morgan fingerprint density at radius 3 is 2.54 bits per heavy atom. The molecule has 1 aliphatic heterocycles. The number of nitrogens with one attached hydrogen (secondary N) is 1. The van der Waals surface area contributed by atoms with E-state index in [2.05, 4.69) is 10.2 Å². The zero-order valence-electron chi connectivity index (χ0n) is 14.7. The summed E-state index contributed by atoms with van der Waals surface area (Å²) in [6, 6.07) is 4.89. The third kappa shape index (κ3) is 6.92. The van der Waals surface area contributed by atoms with Crippen LogP contribution >= 0.6 is 12.4 Å². The minimum atomic E-state index is -4.36. The lowest BCUT2D eigenvalue weighted by Crippen LogP contribution is -2.51. The van der Waals surface area contributed by atoms with Crippen molar-refractivity contribution in [3.8, 4) is 5.75 Å². The van der Waals surface area contributed by atoms with Crippen LogP contribution in [0.1, 0.15) is 18.9 Å². The summed E-state index contributed by atoms with van der Waals surface area (Å²) >= 11 is 0. The van der Waals surface area contributed by atoms with Gasteiger partial charge in [-0.2, -0.15) is 13.2 Å². The van der Waals surface area contributed by atoms with Gasteiger partial charge in [0.1, 0.15) is 5.75 Å². The van der Waals surface area contributed by atoms with E-state index in [1.54, 1.807) is 4.90 Å². The average molecular weight is 396 g/mol. The lowest BCUT2D eigenvalue weighted by atomic mass is 10.2. The number of ether oxygens (including phenoxy) is 1. The van der Waals surface area contributed by atoms with Crippen molar-refractivity contribution in [2.75, 3.05) is 45.9 Å². The Balaban J connectivity index is 0.00000338. The van der Waals surface area contributed by atoms with Crippen molar-refractivity contribution in [1.29, 1.82) is 0 Å². The number of alkyl halides is 3. The molecule has 2 amide bonds. The first-order valence-corrected chi connectivity index (χ1v) is 8.45. The molecule has 0 aliphatic carbocycles. The minimum absolute atomic E-state index is 0. The van der Waals surface area contributed by atoms with Crippen LogP contribution in [0.15, 0.2) is 24.3 Å². The molecule has 1 N–H and O–H groups in total. The summed E-state index contributed by atoms with van der Waals surface area (Å²) in [6.07, 6.45) is -3.64. The molecule has 5 nitrogen and oxygen atoms in total. The summed E-state index contributed by atoms with van der Waals surface area (Å²) in [5.74, 6) is 0.232. The van der Waals surface area contributed by atoms with Gasteiger partial charge in [-0.1, -0.05) is 6.07 Å². The number of amides is 2. The highest BCUT2D eigenvalue weighted by atomic mass is 35.5. The SMILES string of the molecule is CCNC(=O)N1CCN(CCCOc2cccc(C(F)(F)F)c2)CC1.Cl. The fraction of sp³-hybridized carbons (Fsp3) is 0.588. The monoisotopic (exact) mass is 395 g/mol. The van der Waals surface area contributed by atoms with E-state index in [0.29, 0.717) is 26.2 Å². The number of carbonyl (C=O) groups is 1. The van der Waals surface area contributed by atoms with Gasteiger partial charge in [0.25, 0.3) is 0 Å². The van der Waals surface area contributed by atoms with E-state index in [4.69, 9.17) is 4.74 Å². The maximum absolute atomic E-state index is 12.6. The molecule has 0 radical (unpaired) electrons. The Morgan fingerprint density at radius 1 is 1.23 bits per heavy atom. The molecule has 2 rings (SSSR count). The third-order valence-corrected chi connectivity index (χ3v) is 4.04. The molecule has 1 aromatic carbocycles. The van der Waals surface area contributed by atoms with Gasteiger partial charge < -0.3 is 15.0 Å². The number of hydrogen-bond donors (Lipinski definition) is 1. The summed E-state index contributed by atoms with van der Waals surface area (Å²) in [5.41, 5.74) is -0.702. The number of hydrogen-bond acceptors (Lipinski definition) is 3. The van der Waals surface area contributed by atoms with Crippen molar-refractivity contribution < 1.29 is 22.7 Å². The number of halogens is 4. The van der Waals surface area contributed by atoms with Gasteiger partial charge in [-0.3, -0.25) is 4.90 Å². The van der Waals surface area contributed by atoms with E-state index in [-0.39, 0.29) is 24.2 Å². The van der Waals surface area contributed by atoms with Gasteiger partial charge in [-0.25, -0.2) is 4.79 Å². The summed E-state index contributed by atoms with van der Waals surface area (Å²) in [7, 11) is 0. The second kappa shape index (κ2) is 10.5. The molecule has 0 unspecified atom stereocenters. The number of urea groups is 1. The fourth-order valence-electron chi connectivity index (χ4n) is 2.68. The van der Waals surface area contributed by atoms with Crippen molar-refractivity contribution in [3.63, 3.8) is 0 Å². The first kappa shape index (κ1) is 22.4. The summed E-state index contributed by atoms with van der Waals surface area (Å²) in [5, 5.41) is 2.78. The van der Waals surface area contributed by atoms with Crippen LogP contribution in [-0.2, 0) is 6.18 Å². The lowest BCUT2D eigenvalue weighted by molar-refractivity contribution is -0.137. The average Bonchev–Trinajstić information content (AvgIpc) is 2.59. The molecule has 0 saturated carbocycles. The predicted octanol–water partition coefficient (Wildman–Crippen LogP) is 3.24. The van der Waals surface area contributed by atoms with Crippen molar-refractivity contribution in [3.05, 3.63) is 29.8 Å². The highest BCUT2D eigenvalue weighted by Gasteiger charge is 2.30. The molecule has 1 aromatic rings. The second-order valence-electron chi connectivity index (χ2n) is 5.89. The predicted molar refractivity (Wildman–Crippen MR) is 95.9 cm³/mol. The minimum Gasteiger partial charge on any atom is -0.494 e. The van der Waals surface area contributed by atoms with Crippen LogP contribution < -0.4 is 10.1 Å². The molecule has 26 heavy (non-hydrogen) atoms. The molecule has 1 heterocycles. The van der Waals surface area contributed by atoms with Gasteiger partial charge in [-0.15, -0.1) is 12.4 Å². The molecule has 0 atom stereocenters. The molecule has 0 aromatic heterocycles. The highest BCUT2D eigenvalue weighted by molar-refractivity contribution is 5.85. The quantitative estimate of drug-likeness (QED) is 0.752. The van der Waals surface area contributed by atoms with E-state index in [1.807, 2.05) is 6.92 Å². The van der Waals surface area contributed by atoms with E-state index in [1.165, 1.54) is 12.1 Å². The summed E-state index contributed by atoms with van der Waals surface area (Å²) in [6.45, 7) is 6.60. The molecule has 1 saturated heterocycles. The molecular weight excluding hydrogens is 371 g/mol. The molecule has 1 fully saturated rings. The van der Waals surface area contributed by atoms with Crippen LogP contribution in [0, 0.1) is 0 Å². The van der Waals surface area contributed by atoms with Gasteiger partial charge >= 0.3 is 12.2 Å². The maximum atomic E-state index is 12.6. The Bertz CT molecular complexity index is 564. The van der Waals surface area contributed by atoms with Crippen LogP contribution in [0.5, 0.6) is 5.75 Å². The van der Waals surface area contributed by atoms with Crippen molar-refractivity contribution in [1.82, 2.24) is 15.1 Å². The van der Waals surface area contributed by atoms with Gasteiger partial charge in [0.15, 0.2) is 0 Å². The standard InChI is InChI=1S/C17H24F3N3O2.ClH/c1-2-21-16(24)23-10-8-22(9-11-23)7-4-12-25-15-6-3-5-14(13-15)17(18,19)20;/h3,5-6,13H,2,4,7-12H2,1H3,(H,21,24);1H.